The van der Waals surface area contributed by atoms with Gasteiger partial charge in [0.05, 0.1) is 12.2 Å². The Morgan fingerprint density at radius 1 is 1.35 bits per heavy atom. The van der Waals surface area contributed by atoms with Crippen LogP contribution in [0.3, 0.4) is 0 Å². The van der Waals surface area contributed by atoms with E-state index in [0.29, 0.717) is 25.1 Å². The van der Waals surface area contributed by atoms with Gasteiger partial charge in [-0.2, -0.15) is 4.98 Å². The van der Waals surface area contributed by atoms with E-state index in [1.165, 1.54) is 0 Å². The molecule has 0 aromatic carbocycles. The lowest BCUT2D eigenvalue weighted by Crippen LogP contribution is -2.40. The number of anilines is 2. The number of nitrogens with zero attached hydrogens (tertiary/aromatic N) is 6. The van der Waals surface area contributed by atoms with Crippen molar-refractivity contribution in [2.75, 3.05) is 23.3 Å². The van der Waals surface area contributed by atoms with E-state index in [9.17, 15) is 0 Å². The van der Waals surface area contributed by atoms with Crippen LogP contribution in [0.1, 0.15) is 44.9 Å². The van der Waals surface area contributed by atoms with Gasteiger partial charge in [0, 0.05) is 19.1 Å². The highest BCUT2D eigenvalue weighted by Gasteiger charge is 2.36. The van der Waals surface area contributed by atoms with Crippen LogP contribution in [0.5, 0.6) is 0 Å². The number of hydrogen-bond donors (Lipinski definition) is 2. The Morgan fingerprint density at radius 3 is 2.78 bits per heavy atom. The molecule has 1 atom stereocenters. The predicted molar refractivity (Wildman–Crippen MR) is 89.9 cm³/mol. The Kier molecular flexibility index (Phi) is 4.16. The Hall–Kier alpha value is -2.22. The minimum absolute atomic E-state index is 0.154. The van der Waals surface area contributed by atoms with E-state index in [2.05, 4.69) is 50.7 Å². The fourth-order valence-electron chi connectivity index (χ4n) is 3.13. The summed E-state index contributed by atoms with van der Waals surface area (Å²) in [5, 5.41) is 11.8. The zero-order valence-electron chi connectivity index (χ0n) is 14.1. The number of nitrogens with one attached hydrogen (secondary N) is 1. The van der Waals surface area contributed by atoms with E-state index in [0.717, 1.165) is 29.6 Å². The lowest BCUT2D eigenvalue weighted by atomic mass is 10.1. The van der Waals surface area contributed by atoms with E-state index in [1.807, 2.05) is 13.1 Å². The van der Waals surface area contributed by atoms with E-state index in [4.69, 9.17) is 10.7 Å². The van der Waals surface area contributed by atoms with Crippen LogP contribution in [-0.4, -0.2) is 43.9 Å². The molecule has 0 amide bonds. The first-order chi connectivity index (χ1) is 11.1. The van der Waals surface area contributed by atoms with Crippen LogP contribution in [0.4, 0.5) is 11.8 Å². The molecule has 8 nitrogen and oxygen atoms in total. The van der Waals surface area contributed by atoms with Gasteiger partial charge < -0.3 is 16.0 Å². The molecule has 23 heavy (non-hydrogen) atoms. The van der Waals surface area contributed by atoms with Crippen molar-refractivity contribution in [3.05, 3.63) is 17.8 Å². The summed E-state index contributed by atoms with van der Waals surface area (Å²) in [6.07, 6.45) is 2.77. The summed E-state index contributed by atoms with van der Waals surface area (Å²) in [6.45, 7) is 9.64. The number of nitrogens with two attached hydrogens (primary N) is 1. The average Bonchev–Trinajstić information content (AvgIpc) is 2.93. The van der Waals surface area contributed by atoms with Gasteiger partial charge in [-0.15, -0.1) is 10.2 Å². The van der Waals surface area contributed by atoms with Gasteiger partial charge in [0.2, 0.25) is 5.95 Å². The van der Waals surface area contributed by atoms with Crippen LogP contribution in [0.15, 0.2) is 6.20 Å². The SMILES string of the molecule is CC[C@@H]1c2nnc(C)n2-c2cnc(NCCN)nc2N1C(C)C. The molecule has 0 spiro atoms. The summed E-state index contributed by atoms with van der Waals surface area (Å²) in [7, 11) is 0. The van der Waals surface area contributed by atoms with Crippen LogP contribution in [0.2, 0.25) is 0 Å². The van der Waals surface area contributed by atoms with Crippen molar-refractivity contribution >= 4 is 11.8 Å². The van der Waals surface area contributed by atoms with Crippen molar-refractivity contribution in [2.24, 2.45) is 5.73 Å². The maximum atomic E-state index is 5.55. The van der Waals surface area contributed by atoms with E-state index in [1.54, 1.807) is 0 Å². The highest BCUT2D eigenvalue weighted by molar-refractivity contribution is 5.63. The number of aromatic nitrogens is 5. The molecule has 3 heterocycles. The van der Waals surface area contributed by atoms with Crippen LogP contribution in [0, 0.1) is 6.92 Å². The van der Waals surface area contributed by atoms with Crippen LogP contribution < -0.4 is 16.0 Å². The van der Waals surface area contributed by atoms with Crippen molar-refractivity contribution in [3.63, 3.8) is 0 Å². The Labute approximate surface area is 136 Å². The molecule has 0 saturated carbocycles. The van der Waals surface area contributed by atoms with Gasteiger partial charge in [0.25, 0.3) is 0 Å². The van der Waals surface area contributed by atoms with E-state index < -0.39 is 0 Å². The fourth-order valence-corrected chi connectivity index (χ4v) is 3.13. The molecular weight excluding hydrogens is 292 g/mol. The minimum Gasteiger partial charge on any atom is -0.353 e. The van der Waals surface area contributed by atoms with Crippen molar-refractivity contribution < 1.29 is 0 Å². The predicted octanol–water partition coefficient (Wildman–Crippen LogP) is 1.42. The highest BCUT2D eigenvalue weighted by atomic mass is 15.4. The summed E-state index contributed by atoms with van der Waals surface area (Å²) in [5.74, 6) is 3.33. The monoisotopic (exact) mass is 316 g/mol. The second-order valence-electron chi connectivity index (χ2n) is 5.98. The van der Waals surface area contributed by atoms with Crippen molar-refractivity contribution in [1.82, 2.24) is 24.7 Å². The number of rotatable bonds is 5. The molecule has 0 unspecified atom stereocenters. The fraction of sp³-hybridized carbons (Fsp3) is 0.600. The first-order valence-corrected chi connectivity index (χ1v) is 8.10. The zero-order valence-corrected chi connectivity index (χ0v) is 14.1. The maximum absolute atomic E-state index is 5.55. The van der Waals surface area contributed by atoms with E-state index >= 15 is 0 Å². The summed E-state index contributed by atoms with van der Waals surface area (Å²) < 4.78 is 2.06. The van der Waals surface area contributed by atoms with Gasteiger partial charge in [-0.05, 0) is 27.2 Å². The van der Waals surface area contributed by atoms with Gasteiger partial charge in [-0.1, -0.05) is 6.92 Å². The third-order valence-electron chi connectivity index (χ3n) is 4.09. The Balaban J connectivity index is 2.16. The summed E-state index contributed by atoms with van der Waals surface area (Å²) >= 11 is 0. The number of fused-ring (bicyclic) bond motifs is 3. The molecular formula is C15H24N8. The van der Waals surface area contributed by atoms with Gasteiger partial charge in [0.15, 0.2) is 11.6 Å². The Morgan fingerprint density at radius 2 is 2.13 bits per heavy atom. The second kappa shape index (κ2) is 6.11. The maximum Gasteiger partial charge on any atom is 0.224 e. The molecule has 3 rings (SSSR count). The second-order valence-corrected chi connectivity index (χ2v) is 5.98. The molecule has 1 aliphatic heterocycles. The molecule has 0 fully saturated rings. The van der Waals surface area contributed by atoms with Gasteiger partial charge >= 0.3 is 0 Å². The van der Waals surface area contributed by atoms with Crippen molar-refractivity contribution in [3.8, 4) is 5.69 Å². The van der Waals surface area contributed by atoms with E-state index in [-0.39, 0.29) is 6.04 Å². The smallest absolute Gasteiger partial charge is 0.224 e. The Bertz CT molecular complexity index is 693. The number of aryl methyl sites for hydroxylation is 1. The largest absolute Gasteiger partial charge is 0.353 e. The molecule has 2 aromatic rings. The summed E-state index contributed by atoms with van der Waals surface area (Å²) in [4.78, 5) is 11.5. The van der Waals surface area contributed by atoms with Gasteiger partial charge in [-0.25, -0.2) is 4.98 Å². The first kappa shape index (κ1) is 15.7. The van der Waals surface area contributed by atoms with Gasteiger partial charge in [0.1, 0.15) is 11.5 Å². The standard InChI is InChI=1S/C15H24N8/c1-5-11-14-21-20-10(4)23(14)12-8-18-15(17-7-6-16)19-13(12)22(11)9(2)3/h8-9,11H,5-7,16H2,1-4H3,(H,17,18,19)/t11-/m1/s1. The highest BCUT2D eigenvalue weighted by Crippen LogP contribution is 2.40. The molecule has 0 aliphatic carbocycles. The first-order valence-electron chi connectivity index (χ1n) is 8.10. The quantitative estimate of drug-likeness (QED) is 0.860. The van der Waals surface area contributed by atoms with Crippen LogP contribution >= 0.6 is 0 Å². The average molecular weight is 316 g/mol. The molecule has 0 saturated heterocycles. The normalized spacial score (nSPS) is 16.4. The molecule has 0 radical (unpaired) electrons. The van der Waals surface area contributed by atoms with Crippen LogP contribution in [0.25, 0.3) is 5.69 Å². The zero-order chi connectivity index (χ0) is 16.6. The molecule has 2 aromatic heterocycles. The summed E-state index contributed by atoms with van der Waals surface area (Å²) in [6, 6.07) is 0.447. The van der Waals surface area contributed by atoms with Gasteiger partial charge in [-0.3, -0.25) is 4.57 Å². The lowest BCUT2D eigenvalue weighted by Gasteiger charge is -2.39. The molecule has 0 bridgehead atoms. The molecule has 1 aliphatic rings. The lowest BCUT2D eigenvalue weighted by molar-refractivity contribution is 0.496. The van der Waals surface area contributed by atoms with Crippen molar-refractivity contribution in [1.29, 1.82) is 0 Å². The van der Waals surface area contributed by atoms with Crippen molar-refractivity contribution in [2.45, 2.75) is 46.2 Å². The minimum atomic E-state index is 0.154. The molecule has 3 N–H and O–H groups in total. The molecule has 124 valence electrons. The number of hydrogen-bond acceptors (Lipinski definition) is 7. The molecule has 8 heteroatoms. The summed E-state index contributed by atoms with van der Waals surface area (Å²) in [5.41, 5.74) is 6.48. The topological polar surface area (TPSA) is 97.8 Å². The third kappa shape index (κ3) is 2.52. The van der Waals surface area contributed by atoms with Crippen LogP contribution in [-0.2, 0) is 0 Å². The third-order valence-corrected chi connectivity index (χ3v) is 4.09.